The van der Waals surface area contributed by atoms with E-state index in [2.05, 4.69) is 59.0 Å². The first-order valence-electron chi connectivity index (χ1n) is 8.68. The van der Waals surface area contributed by atoms with Crippen molar-refractivity contribution >= 4 is 0 Å². The van der Waals surface area contributed by atoms with Crippen LogP contribution >= 0.6 is 0 Å². The first-order valence-corrected chi connectivity index (χ1v) is 8.68. The highest BCUT2D eigenvalue weighted by molar-refractivity contribution is 5.39. The highest BCUT2D eigenvalue weighted by Crippen LogP contribution is 2.49. The maximum atomic E-state index is 3.87. The van der Waals surface area contributed by atoms with Gasteiger partial charge in [-0.2, -0.15) is 0 Å². The van der Waals surface area contributed by atoms with Crippen LogP contribution < -0.4 is 5.32 Å². The van der Waals surface area contributed by atoms with Gasteiger partial charge in [0.05, 0.1) is 0 Å². The largest absolute Gasteiger partial charge is 0.310 e. The number of nitrogens with one attached hydrogen (secondary N) is 1. The quantitative estimate of drug-likeness (QED) is 0.756. The summed E-state index contributed by atoms with van der Waals surface area (Å²) in [6.07, 6.45) is 5.31. The molecule has 2 atom stereocenters. The van der Waals surface area contributed by atoms with E-state index in [1.807, 2.05) is 0 Å². The zero-order chi connectivity index (χ0) is 15.6. The molecule has 1 fully saturated rings. The first-order chi connectivity index (χ1) is 9.86. The van der Waals surface area contributed by atoms with Crippen LogP contribution in [0.1, 0.15) is 74.8 Å². The molecule has 1 aromatic rings. The molecule has 1 nitrogen and oxygen atoms in total. The van der Waals surface area contributed by atoms with Crippen LogP contribution in [-0.4, -0.2) is 6.54 Å². The molecular weight excluding hydrogens is 254 g/mol. The Hall–Kier alpha value is -0.820. The Morgan fingerprint density at radius 2 is 1.81 bits per heavy atom. The summed E-state index contributed by atoms with van der Waals surface area (Å²) in [5, 5.41) is 3.87. The minimum atomic E-state index is 0.455. The minimum Gasteiger partial charge on any atom is -0.310 e. The van der Waals surface area contributed by atoms with Crippen molar-refractivity contribution in [3.63, 3.8) is 0 Å². The lowest BCUT2D eigenvalue weighted by Crippen LogP contribution is -2.35. The van der Waals surface area contributed by atoms with Crippen LogP contribution in [0.2, 0.25) is 0 Å². The number of benzene rings is 1. The third-order valence-corrected chi connectivity index (χ3v) is 5.57. The van der Waals surface area contributed by atoms with Crippen molar-refractivity contribution in [3.05, 3.63) is 34.4 Å². The smallest absolute Gasteiger partial charge is 0.0356 e. The normalized spacial score (nSPS) is 22.5. The summed E-state index contributed by atoms with van der Waals surface area (Å²) in [7, 11) is 0. The number of hydrogen-bond acceptors (Lipinski definition) is 1. The topological polar surface area (TPSA) is 12.0 Å². The van der Waals surface area contributed by atoms with Crippen molar-refractivity contribution in [3.8, 4) is 0 Å². The second-order valence-corrected chi connectivity index (χ2v) is 7.71. The Bertz CT molecular complexity index is 487. The molecule has 0 aliphatic heterocycles. The molecule has 1 aromatic carbocycles. The van der Waals surface area contributed by atoms with Crippen molar-refractivity contribution in [2.24, 2.45) is 11.3 Å². The fourth-order valence-electron chi connectivity index (χ4n) is 4.06. The molecule has 21 heavy (non-hydrogen) atoms. The van der Waals surface area contributed by atoms with Crippen LogP contribution in [-0.2, 0) is 0 Å². The Kier molecular flexibility index (Phi) is 5.14. The third-order valence-electron chi connectivity index (χ3n) is 5.57. The molecule has 0 spiro atoms. The second-order valence-electron chi connectivity index (χ2n) is 7.71. The molecule has 1 heteroatoms. The van der Waals surface area contributed by atoms with Gasteiger partial charge in [-0.3, -0.25) is 0 Å². The van der Waals surface area contributed by atoms with E-state index in [9.17, 15) is 0 Å². The van der Waals surface area contributed by atoms with Crippen molar-refractivity contribution in [1.82, 2.24) is 5.32 Å². The minimum absolute atomic E-state index is 0.455. The molecule has 0 saturated heterocycles. The highest BCUT2D eigenvalue weighted by atomic mass is 14.9. The Balaban J connectivity index is 2.38. The molecule has 2 rings (SSSR count). The van der Waals surface area contributed by atoms with E-state index in [4.69, 9.17) is 0 Å². The summed E-state index contributed by atoms with van der Waals surface area (Å²) in [6, 6.07) is 5.32. The van der Waals surface area contributed by atoms with Crippen LogP contribution in [0.15, 0.2) is 12.1 Å². The van der Waals surface area contributed by atoms with E-state index in [-0.39, 0.29) is 0 Å². The van der Waals surface area contributed by atoms with Crippen LogP contribution in [0.4, 0.5) is 0 Å². The van der Waals surface area contributed by atoms with Gasteiger partial charge in [-0.1, -0.05) is 39.3 Å². The van der Waals surface area contributed by atoms with E-state index in [0.717, 1.165) is 12.5 Å². The summed E-state index contributed by atoms with van der Waals surface area (Å²) < 4.78 is 0. The van der Waals surface area contributed by atoms with E-state index in [0.29, 0.717) is 11.5 Å². The zero-order valence-electron chi connectivity index (χ0n) is 14.8. The van der Waals surface area contributed by atoms with Crippen LogP contribution in [0.5, 0.6) is 0 Å². The molecule has 0 amide bonds. The standard InChI is InChI=1S/C20H33N/c1-7-11-21-19(18-9-8-10-20(18,5)6)17-13-15(3)14(2)12-16(17)4/h12-13,18-19,21H,7-11H2,1-6H3. The fourth-order valence-corrected chi connectivity index (χ4v) is 4.06. The molecule has 0 radical (unpaired) electrons. The Labute approximate surface area is 131 Å². The molecule has 1 N–H and O–H groups in total. The summed E-state index contributed by atoms with van der Waals surface area (Å²) in [5.41, 5.74) is 6.28. The average molecular weight is 287 g/mol. The summed E-state index contributed by atoms with van der Waals surface area (Å²) in [4.78, 5) is 0. The molecular formula is C20H33N. The van der Waals surface area contributed by atoms with Gasteiger partial charge in [0.25, 0.3) is 0 Å². The van der Waals surface area contributed by atoms with Gasteiger partial charge < -0.3 is 5.32 Å². The SMILES string of the molecule is CCCNC(c1cc(C)c(C)cc1C)C1CCCC1(C)C. The number of hydrogen-bond donors (Lipinski definition) is 1. The summed E-state index contributed by atoms with van der Waals surface area (Å²) >= 11 is 0. The van der Waals surface area contributed by atoms with Crippen molar-refractivity contribution in [2.45, 2.75) is 73.3 Å². The molecule has 1 saturated carbocycles. The predicted octanol–water partition coefficient (Wildman–Crippen LogP) is 5.48. The predicted molar refractivity (Wildman–Crippen MR) is 92.8 cm³/mol. The molecule has 118 valence electrons. The van der Waals surface area contributed by atoms with Crippen LogP contribution in [0.25, 0.3) is 0 Å². The highest BCUT2D eigenvalue weighted by Gasteiger charge is 2.40. The van der Waals surface area contributed by atoms with Crippen molar-refractivity contribution < 1.29 is 0 Å². The van der Waals surface area contributed by atoms with Gasteiger partial charge in [-0.05, 0) is 80.2 Å². The van der Waals surface area contributed by atoms with E-state index < -0.39 is 0 Å². The van der Waals surface area contributed by atoms with Gasteiger partial charge in [0.15, 0.2) is 0 Å². The number of aryl methyl sites for hydroxylation is 3. The molecule has 1 aliphatic carbocycles. The molecule has 0 aromatic heterocycles. The summed E-state index contributed by atoms with van der Waals surface area (Å²) in [5.74, 6) is 0.754. The van der Waals surface area contributed by atoms with Crippen molar-refractivity contribution in [2.75, 3.05) is 6.54 Å². The van der Waals surface area contributed by atoms with E-state index in [1.54, 1.807) is 0 Å². The van der Waals surface area contributed by atoms with Crippen LogP contribution in [0, 0.1) is 32.1 Å². The van der Waals surface area contributed by atoms with E-state index in [1.165, 1.54) is 47.9 Å². The fraction of sp³-hybridized carbons (Fsp3) is 0.700. The van der Waals surface area contributed by atoms with Gasteiger partial charge >= 0.3 is 0 Å². The van der Waals surface area contributed by atoms with Gasteiger partial charge in [-0.25, -0.2) is 0 Å². The third kappa shape index (κ3) is 3.51. The Morgan fingerprint density at radius 3 is 2.38 bits per heavy atom. The summed E-state index contributed by atoms with van der Waals surface area (Å²) in [6.45, 7) is 15.0. The maximum absolute atomic E-state index is 3.87. The lowest BCUT2D eigenvalue weighted by molar-refractivity contribution is 0.197. The molecule has 0 heterocycles. The maximum Gasteiger partial charge on any atom is 0.0356 e. The van der Waals surface area contributed by atoms with Gasteiger partial charge in [0.1, 0.15) is 0 Å². The molecule has 2 unspecified atom stereocenters. The molecule has 1 aliphatic rings. The van der Waals surface area contributed by atoms with Gasteiger partial charge in [0, 0.05) is 6.04 Å². The lowest BCUT2D eigenvalue weighted by atomic mass is 9.74. The molecule has 0 bridgehead atoms. The lowest BCUT2D eigenvalue weighted by Gasteiger charge is -2.36. The van der Waals surface area contributed by atoms with E-state index >= 15 is 0 Å². The van der Waals surface area contributed by atoms with Gasteiger partial charge in [0.2, 0.25) is 0 Å². The number of rotatable bonds is 5. The van der Waals surface area contributed by atoms with Crippen LogP contribution in [0.3, 0.4) is 0 Å². The monoisotopic (exact) mass is 287 g/mol. The zero-order valence-corrected chi connectivity index (χ0v) is 14.8. The van der Waals surface area contributed by atoms with Crippen molar-refractivity contribution in [1.29, 1.82) is 0 Å². The average Bonchev–Trinajstić information content (AvgIpc) is 2.75. The Morgan fingerprint density at radius 1 is 1.14 bits per heavy atom. The second kappa shape index (κ2) is 6.52. The van der Waals surface area contributed by atoms with Gasteiger partial charge in [-0.15, -0.1) is 0 Å². The first kappa shape index (κ1) is 16.5.